The maximum Gasteiger partial charge on any atom is 0.262 e. The Labute approximate surface area is 163 Å². The molecule has 0 radical (unpaired) electrons. The van der Waals surface area contributed by atoms with Gasteiger partial charge in [0.05, 0.1) is 23.6 Å². The first-order valence-corrected chi connectivity index (χ1v) is 11.1. The van der Waals surface area contributed by atoms with Crippen molar-refractivity contribution in [3.05, 3.63) is 42.0 Å². The van der Waals surface area contributed by atoms with E-state index in [0.717, 1.165) is 10.6 Å². The molecule has 0 saturated carbocycles. The van der Waals surface area contributed by atoms with E-state index in [4.69, 9.17) is 4.74 Å². The highest BCUT2D eigenvalue weighted by Gasteiger charge is 2.38. The van der Waals surface area contributed by atoms with Crippen LogP contribution in [0.2, 0.25) is 0 Å². The summed E-state index contributed by atoms with van der Waals surface area (Å²) in [6.07, 6.45) is 0.121. The van der Waals surface area contributed by atoms with Crippen molar-refractivity contribution < 1.29 is 17.9 Å². The largest absolute Gasteiger partial charge is 0.494 e. The number of nitrogens with one attached hydrogen (secondary N) is 1. The second kappa shape index (κ2) is 6.76. The van der Waals surface area contributed by atoms with Crippen LogP contribution in [0.25, 0.3) is 0 Å². The Balaban J connectivity index is 1.68. The van der Waals surface area contributed by atoms with Crippen molar-refractivity contribution in [2.24, 2.45) is 0 Å². The van der Waals surface area contributed by atoms with Crippen LogP contribution in [0, 0.1) is 0 Å². The predicted octanol–water partition coefficient (Wildman–Crippen LogP) is 3.27. The maximum atomic E-state index is 13.0. The lowest BCUT2D eigenvalue weighted by Crippen LogP contribution is -2.35. The molecule has 2 aliphatic rings. The molecule has 27 heavy (non-hydrogen) atoms. The van der Waals surface area contributed by atoms with E-state index in [1.54, 1.807) is 53.1 Å². The first-order chi connectivity index (χ1) is 12.9. The zero-order chi connectivity index (χ0) is 19.2. The molecule has 8 heteroatoms. The van der Waals surface area contributed by atoms with Gasteiger partial charge < -0.3 is 9.64 Å². The van der Waals surface area contributed by atoms with E-state index in [9.17, 15) is 13.2 Å². The van der Waals surface area contributed by atoms with Crippen LogP contribution in [-0.2, 0) is 21.2 Å². The van der Waals surface area contributed by atoms with E-state index in [1.807, 2.05) is 6.92 Å². The molecule has 142 valence electrons. The van der Waals surface area contributed by atoms with Crippen molar-refractivity contribution in [3.63, 3.8) is 0 Å². The van der Waals surface area contributed by atoms with Gasteiger partial charge in [-0.1, -0.05) is 6.92 Å². The average Bonchev–Trinajstić information content (AvgIpc) is 2.94. The van der Waals surface area contributed by atoms with Gasteiger partial charge in [-0.25, -0.2) is 8.42 Å². The van der Waals surface area contributed by atoms with Crippen molar-refractivity contribution >= 4 is 39.1 Å². The molecule has 0 fully saturated rings. The minimum Gasteiger partial charge on any atom is -0.494 e. The molecule has 4 rings (SSSR count). The number of anilines is 2. The number of hydrogen-bond acceptors (Lipinski definition) is 5. The van der Waals surface area contributed by atoms with Gasteiger partial charge in [-0.2, -0.15) is 0 Å². The van der Waals surface area contributed by atoms with Crippen molar-refractivity contribution in [1.82, 2.24) is 0 Å². The lowest BCUT2D eigenvalue weighted by molar-refractivity contribution is -0.117. The molecule has 1 unspecified atom stereocenters. The molecule has 2 aliphatic heterocycles. The molecule has 0 spiro atoms. The number of ether oxygens (including phenoxy) is 1. The topological polar surface area (TPSA) is 75.7 Å². The number of nitrogens with zero attached hydrogens (tertiary/aromatic N) is 1. The van der Waals surface area contributed by atoms with E-state index >= 15 is 0 Å². The lowest BCUT2D eigenvalue weighted by atomic mass is 10.1. The first kappa shape index (κ1) is 18.2. The summed E-state index contributed by atoms with van der Waals surface area (Å²) in [4.78, 5) is 15.3. The molecule has 2 aromatic rings. The van der Waals surface area contributed by atoms with E-state index in [1.165, 1.54) is 0 Å². The van der Waals surface area contributed by atoms with Gasteiger partial charge >= 0.3 is 0 Å². The van der Waals surface area contributed by atoms with E-state index in [2.05, 4.69) is 11.6 Å². The van der Waals surface area contributed by atoms with Crippen molar-refractivity contribution in [2.75, 3.05) is 22.8 Å². The van der Waals surface area contributed by atoms with Crippen LogP contribution < -0.4 is 14.4 Å². The van der Waals surface area contributed by atoms with Gasteiger partial charge in [0, 0.05) is 27.9 Å². The summed E-state index contributed by atoms with van der Waals surface area (Å²) in [6, 6.07) is 10.2. The minimum absolute atomic E-state index is 0.0397. The van der Waals surface area contributed by atoms with Crippen LogP contribution >= 0.6 is 11.8 Å². The smallest absolute Gasteiger partial charge is 0.262 e. The zero-order valence-electron chi connectivity index (χ0n) is 15.1. The second-order valence-electron chi connectivity index (χ2n) is 6.56. The van der Waals surface area contributed by atoms with Crippen LogP contribution in [-0.4, -0.2) is 32.7 Å². The van der Waals surface area contributed by atoms with Gasteiger partial charge in [0.2, 0.25) is 5.91 Å². The fourth-order valence-corrected chi connectivity index (χ4v) is 5.93. The number of hydrogen-bond donors (Lipinski definition) is 1. The standard InChI is InChI=1S/C19H20N2O4S2/c1-3-25-14-6-4-13(5-7-14)20-27(23,24)17-9-8-16-19-15(17)10-18(22)21(19)11-12(2)26-16/h4-9,12,20H,3,10-11H2,1-2H3. The number of sulfonamides is 1. The summed E-state index contributed by atoms with van der Waals surface area (Å²) in [5.74, 6) is 0.641. The molecule has 1 N–H and O–H groups in total. The molecular formula is C19H20N2O4S2. The Kier molecular flexibility index (Phi) is 4.55. The fraction of sp³-hybridized carbons (Fsp3) is 0.316. The van der Waals surface area contributed by atoms with Gasteiger partial charge in [0.1, 0.15) is 5.75 Å². The molecule has 2 heterocycles. The highest BCUT2D eigenvalue weighted by Crippen LogP contribution is 2.46. The average molecular weight is 405 g/mol. The molecule has 0 saturated heterocycles. The van der Waals surface area contributed by atoms with Crippen molar-refractivity contribution in [3.8, 4) is 5.75 Å². The fourth-order valence-electron chi connectivity index (χ4n) is 3.48. The lowest BCUT2D eigenvalue weighted by Gasteiger charge is -2.29. The highest BCUT2D eigenvalue weighted by molar-refractivity contribution is 8.00. The molecule has 2 aromatic carbocycles. The Hall–Kier alpha value is -2.19. The number of carbonyl (C=O) groups is 1. The van der Waals surface area contributed by atoms with Crippen LogP contribution in [0.4, 0.5) is 11.4 Å². The molecule has 0 aliphatic carbocycles. The molecule has 0 aromatic heterocycles. The minimum atomic E-state index is -3.80. The number of carbonyl (C=O) groups excluding carboxylic acids is 1. The monoisotopic (exact) mass is 404 g/mol. The van der Waals surface area contributed by atoms with Crippen LogP contribution in [0.1, 0.15) is 19.4 Å². The van der Waals surface area contributed by atoms with Crippen LogP contribution in [0.15, 0.2) is 46.2 Å². The highest BCUT2D eigenvalue weighted by atomic mass is 32.2. The van der Waals surface area contributed by atoms with Gasteiger partial charge in [0.15, 0.2) is 0 Å². The number of rotatable bonds is 5. The zero-order valence-corrected chi connectivity index (χ0v) is 16.7. The summed E-state index contributed by atoms with van der Waals surface area (Å²) in [5, 5.41) is 0.289. The second-order valence-corrected chi connectivity index (χ2v) is 9.69. The van der Waals surface area contributed by atoms with Gasteiger partial charge in [-0.3, -0.25) is 9.52 Å². The van der Waals surface area contributed by atoms with E-state index in [-0.39, 0.29) is 22.5 Å². The number of benzene rings is 2. The molecule has 0 bridgehead atoms. The third kappa shape index (κ3) is 3.27. The predicted molar refractivity (Wildman–Crippen MR) is 106 cm³/mol. The van der Waals surface area contributed by atoms with Crippen molar-refractivity contribution in [2.45, 2.75) is 35.3 Å². The van der Waals surface area contributed by atoms with Crippen LogP contribution in [0.5, 0.6) is 5.75 Å². The maximum absolute atomic E-state index is 13.0. The molecule has 1 amide bonds. The quantitative estimate of drug-likeness (QED) is 0.828. The van der Waals surface area contributed by atoms with Gasteiger partial charge in [-0.15, -0.1) is 11.8 Å². The molecule has 6 nitrogen and oxygen atoms in total. The van der Waals surface area contributed by atoms with Crippen LogP contribution in [0.3, 0.4) is 0 Å². The third-order valence-electron chi connectivity index (χ3n) is 4.58. The normalized spacial score (nSPS) is 18.4. The SMILES string of the molecule is CCOc1ccc(NS(=O)(=O)c2ccc3c4c2CC(=O)N4CC(C)S3)cc1. The Morgan fingerprint density at radius 1 is 1.22 bits per heavy atom. The van der Waals surface area contributed by atoms with Crippen molar-refractivity contribution in [1.29, 1.82) is 0 Å². The summed E-state index contributed by atoms with van der Waals surface area (Å²) in [6.45, 7) is 5.11. The summed E-state index contributed by atoms with van der Waals surface area (Å²) < 4.78 is 34.0. The summed E-state index contributed by atoms with van der Waals surface area (Å²) in [7, 11) is -3.80. The third-order valence-corrected chi connectivity index (χ3v) is 7.18. The molecule has 1 atom stereocenters. The van der Waals surface area contributed by atoms with E-state index in [0.29, 0.717) is 30.2 Å². The van der Waals surface area contributed by atoms with Gasteiger partial charge in [0.25, 0.3) is 10.0 Å². The first-order valence-electron chi connectivity index (χ1n) is 8.77. The Morgan fingerprint density at radius 3 is 2.67 bits per heavy atom. The number of thioether (sulfide) groups is 1. The summed E-state index contributed by atoms with van der Waals surface area (Å²) >= 11 is 1.68. The Morgan fingerprint density at radius 2 is 1.96 bits per heavy atom. The van der Waals surface area contributed by atoms with E-state index < -0.39 is 10.0 Å². The number of amides is 1. The van der Waals surface area contributed by atoms with Gasteiger partial charge in [-0.05, 0) is 43.3 Å². The summed E-state index contributed by atoms with van der Waals surface area (Å²) in [5.41, 5.74) is 1.81. The Bertz CT molecular complexity index is 1000. The molecular weight excluding hydrogens is 384 g/mol.